The summed E-state index contributed by atoms with van der Waals surface area (Å²) in [7, 11) is 3.41. The Morgan fingerprint density at radius 2 is 2.03 bits per heavy atom. The van der Waals surface area contributed by atoms with Gasteiger partial charge in [-0.3, -0.25) is 14.8 Å². The van der Waals surface area contributed by atoms with Gasteiger partial charge in [-0.25, -0.2) is 4.98 Å². The van der Waals surface area contributed by atoms with Gasteiger partial charge in [0.05, 0.1) is 28.7 Å². The molecule has 1 aliphatic heterocycles. The Hall–Kier alpha value is -3.34. The number of nitrogens with one attached hydrogen (secondary N) is 2. The average Bonchev–Trinajstić information content (AvgIpc) is 3.42. The van der Waals surface area contributed by atoms with E-state index in [1.807, 2.05) is 11.8 Å². The van der Waals surface area contributed by atoms with E-state index in [1.165, 1.54) is 11.0 Å². The summed E-state index contributed by atoms with van der Waals surface area (Å²) in [6, 6.07) is 4.38. The second kappa shape index (κ2) is 8.89. The van der Waals surface area contributed by atoms with E-state index in [2.05, 4.69) is 25.1 Å². The molecule has 176 valence electrons. The molecule has 0 aliphatic carbocycles. The lowest BCUT2D eigenvalue weighted by atomic mass is 10.1. The molecule has 0 spiro atoms. The molecule has 33 heavy (non-hydrogen) atoms. The van der Waals surface area contributed by atoms with E-state index in [1.54, 1.807) is 32.6 Å². The molecule has 4 heterocycles. The standard InChI is InChI=1S/C22H26F3N7O/c1-14-12-31(6-7-32(14)19-5-4-17(11-27-19)22(23,24)25)13-16-10-28-29-20(16)18-8-15(9-26-18)21(33)30(2)3/h4-5,8-11,14,26H,6-7,12-13H2,1-3H3,(H,28,29)/t14-/m1/s1. The number of H-pyrrole nitrogens is 2. The average molecular weight is 461 g/mol. The zero-order chi connectivity index (χ0) is 23.8. The highest BCUT2D eigenvalue weighted by Gasteiger charge is 2.32. The molecule has 3 aromatic rings. The molecular weight excluding hydrogens is 435 g/mol. The number of amides is 1. The molecule has 4 rings (SSSR count). The van der Waals surface area contributed by atoms with Crippen molar-refractivity contribution in [2.24, 2.45) is 0 Å². The molecule has 0 saturated carbocycles. The molecule has 8 nitrogen and oxygen atoms in total. The Bertz CT molecular complexity index is 1100. The minimum atomic E-state index is -4.39. The second-order valence-corrected chi connectivity index (χ2v) is 8.45. The number of carbonyl (C=O) groups is 1. The molecule has 3 aromatic heterocycles. The number of aromatic amines is 2. The lowest BCUT2D eigenvalue weighted by molar-refractivity contribution is -0.137. The minimum Gasteiger partial charge on any atom is -0.359 e. The Morgan fingerprint density at radius 1 is 1.24 bits per heavy atom. The quantitative estimate of drug-likeness (QED) is 0.610. The number of rotatable bonds is 5. The Morgan fingerprint density at radius 3 is 2.67 bits per heavy atom. The lowest BCUT2D eigenvalue weighted by Crippen LogP contribution is -2.51. The van der Waals surface area contributed by atoms with Crippen LogP contribution in [0.5, 0.6) is 0 Å². The van der Waals surface area contributed by atoms with Crippen LogP contribution in [-0.4, -0.2) is 75.6 Å². The molecule has 1 atom stereocenters. The molecular formula is C22H26F3N7O. The number of hydrogen-bond donors (Lipinski definition) is 2. The van der Waals surface area contributed by atoms with Crippen molar-refractivity contribution in [3.05, 3.63) is 53.5 Å². The number of pyridine rings is 1. The first-order valence-corrected chi connectivity index (χ1v) is 10.6. The molecule has 1 aliphatic rings. The molecule has 0 bridgehead atoms. The highest BCUT2D eigenvalue weighted by molar-refractivity contribution is 5.95. The molecule has 0 unspecified atom stereocenters. The number of anilines is 1. The van der Waals surface area contributed by atoms with E-state index in [0.717, 1.165) is 42.3 Å². The number of aromatic nitrogens is 4. The largest absolute Gasteiger partial charge is 0.417 e. The normalized spacial score (nSPS) is 17.4. The third kappa shape index (κ3) is 4.87. The van der Waals surface area contributed by atoms with Crippen LogP contribution in [0.15, 0.2) is 36.8 Å². The number of nitrogens with zero attached hydrogens (tertiary/aromatic N) is 5. The fourth-order valence-corrected chi connectivity index (χ4v) is 4.07. The maximum Gasteiger partial charge on any atom is 0.417 e. The van der Waals surface area contributed by atoms with E-state index < -0.39 is 11.7 Å². The van der Waals surface area contributed by atoms with Gasteiger partial charge in [0.2, 0.25) is 0 Å². The predicted octanol–water partition coefficient (Wildman–Crippen LogP) is 3.23. The monoisotopic (exact) mass is 461 g/mol. The van der Waals surface area contributed by atoms with Crippen molar-refractivity contribution in [1.29, 1.82) is 0 Å². The molecule has 1 amide bonds. The van der Waals surface area contributed by atoms with Gasteiger partial charge in [-0.1, -0.05) is 0 Å². The molecule has 1 fully saturated rings. The first kappa shape index (κ1) is 22.8. The van der Waals surface area contributed by atoms with Crippen LogP contribution in [-0.2, 0) is 12.7 Å². The lowest BCUT2D eigenvalue weighted by Gasteiger charge is -2.40. The van der Waals surface area contributed by atoms with Crippen LogP contribution in [0.2, 0.25) is 0 Å². The highest BCUT2D eigenvalue weighted by atomic mass is 19.4. The van der Waals surface area contributed by atoms with Crippen molar-refractivity contribution < 1.29 is 18.0 Å². The van der Waals surface area contributed by atoms with Crippen molar-refractivity contribution in [1.82, 2.24) is 30.0 Å². The number of piperazine rings is 1. The maximum atomic E-state index is 12.8. The predicted molar refractivity (Wildman–Crippen MR) is 118 cm³/mol. The Kier molecular flexibility index (Phi) is 6.15. The van der Waals surface area contributed by atoms with Gasteiger partial charge < -0.3 is 14.8 Å². The number of hydrogen-bond acceptors (Lipinski definition) is 5. The smallest absolute Gasteiger partial charge is 0.359 e. The summed E-state index contributed by atoms with van der Waals surface area (Å²) in [6.45, 7) is 4.79. The second-order valence-electron chi connectivity index (χ2n) is 8.45. The molecule has 0 radical (unpaired) electrons. The summed E-state index contributed by atoms with van der Waals surface area (Å²) < 4.78 is 38.4. The summed E-state index contributed by atoms with van der Waals surface area (Å²) in [5.41, 5.74) is 2.43. The molecule has 11 heteroatoms. The molecule has 2 N–H and O–H groups in total. The van der Waals surface area contributed by atoms with Crippen LogP contribution in [0, 0.1) is 0 Å². The first-order chi connectivity index (χ1) is 15.6. The Balaban J connectivity index is 1.42. The number of carbonyl (C=O) groups excluding carboxylic acids is 1. The van der Waals surface area contributed by atoms with Crippen LogP contribution in [0.25, 0.3) is 11.4 Å². The molecule has 0 aromatic carbocycles. The van der Waals surface area contributed by atoms with Crippen molar-refractivity contribution >= 4 is 11.7 Å². The SMILES string of the molecule is C[C@@H]1CN(Cc2cn[nH]c2-c2cc(C(=O)N(C)C)c[nH]2)CCN1c1ccc(C(F)(F)F)cn1. The van der Waals surface area contributed by atoms with Crippen LogP contribution in [0.4, 0.5) is 19.0 Å². The van der Waals surface area contributed by atoms with Gasteiger partial charge in [0.1, 0.15) is 5.82 Å². The summed E-state index contributed by atoms with van der Waals surface area (Å²) >= 11 is 0. The van der Waals surface area contributed by atoms with E-state index in [9.17, 15) is 18.0 Å². The number of alkyl halides is 3. The Labute approximate surface area is 189 Å². The van der Waals surface area contributed by atoms with Crippen LogP contribution in [0.3, 0.4) is 0 Å². The van der Waals surface area contributed by atoms with Gasteiger partial charge in [-0.15, -0.1) is 0 Å². The third-order valence-corrected chi connectivity index (χ3v) is 5.80. The summed E-state index contributed by atoms with van der Waals surface area (Å²) in [5, 5.41) is 7.19. The fourth-order valence-electron chi connectivity index (χ4n) is 4.07. The summed E-state index contributed by atoms with van der Waals surface area (Å²) in [5.74, 6) is 0.462. The van der Waals surface area contributed by atoms with Crippen molar-refractivity contribution in [2.45, 2.75) is 25.7 Å². The van der Waals surface area contributed by atoms with Gasteiger partial charge in [-0.05, 0) is 25.1 Å². The molecule has 1 saturated heterocycles. The van der Waals surface area contributed by atoms with Gasteiger partial charge >= 0.3 is 6.18 Å². The van der Waals surface area contributed by atoms with Crippen LogP contribution < -0.4 is 4.90 Å². The van der Waals surface area contributed by atoms with Crippen LogP contribution in [0.1, 0.15) is 28.4 Å². The van der Waals surface area contributed by atoms with Gasteiger partial charge in [0.25, 0.3) is 5.91 Å². The van der Waals surface area contributed by atoms with E-state index in [4.69, 9.17) is 0 Å². The van der Waals surface area contributed by atoms with Gasteiger partial charge in [0.15, 0.2) is 0 Å². The topological polar surface area (TPSA) is 84.2 Å². The highest BCUT2D eigenvalue weighted by Crippen LogP contribution is 2.30. The zero-order valence-electron chi connectivity index (χ0n) is 18.6. The van der Waals surface area contributed by atoms with Crippen molar-refractivity contribution in [3.63, 3.8) is 0 Å². The van der Waals surface area contributed by atoms with Gasteiger partial charge in [0, 0.05) is 64.3 Å². The number of halogens is 3. The van der Waals surface area contributed by atoms with E-state index in [0.29, 0.717) is 24.5 Å². The van der Waals surface area contributed by atoms with E-state index >= 15 is 0 Å². The first-order valence-electron chi connectivity index (χ1n) is 10.6. The fraction of sp³-hybridized carbons (Fsp3) is 0.409. The van der Waals surface area contributed by atoms with E-state index in [-0.39, 0.29) is 11.9 Å². The van der Waals surface area contributed by atoms with Gasteiger partial charge in [-0.2, -0.15) is 18.3 Å². The maximum absolute atomic E-state index is 12.8. The van der Waals surface area contributed by atoms with Crippen molar-refractivity contribution in [2.75, 3.05) is 38.6 Å². The zero-order valence-corrected chi connectivity index (χ0v) is 18.6. The third-order valence-electron chi connectivity index (χ3n) is 5.80. The minimum absolute atomic E-state index is 0.0770. The van der Waals surface area contributed by atoms with Crippen LogP contribution >= 0.6 is 0 Å². The summed E-state index contributed by atoms with van der Waals surface area (Å²) in [4.78, 5) is 25.2. The van der Waals surface area contributed by atoms with Crippen molar-refractivity contribution in [3.8, 4) is 11.4 Å². The summed E-state index contributed by atoms with van der Waals surface area (Å²) in [6.07, 6.45) is -0.0477.